The van der Waals surface area contributed by atoms with Gasteiger partial charge in [0.2, 0.25) is 0 Å². The van der Waals surface area contributed by atoms with Crippen LogP contribution < -0.4 is 9.47 Å². The molecule has 0 amide bonds. The van der Waals surface area contributed by atoms with Crippen LogP contribution in [0, 0.1) is 0 Å². The zero-order valence-electron chi connectivity index (χ0n) is 46.5. The molecule has 0 fully saturated rings. The van der Waals surface area contributed by atoms with Crippen molar-refractivity contribution in [1.82, 2.24) is 0 Å². The van der Waals surface area contributed by atoms with Crippen LogP contribution in [0.25, 0.3) is 0 Å². The number of hydrogen-bond donors (Lipinski definition) is 1. The van der Waals surface area contributed by atoms with Gasteiger partial charge in [0.15, 0.2) is 0 Å². The summed E-state index contributed by atoms with van der Waals surface area (Å²) < 4.78 is 54.9. The van der Waals surface area contributed by atoms with Crippen LogP contribution in [0.2, 0.25) is 0 Å². The molecule has 0 radical (unpaired) electrons. The molecule has 0 saturated heterocycles. The molecule has 6 aromatic heterocycles. The van der Waals surface area contributed by atoms with E-state index in [1.54, 1.807) is 12.1 Å². The maximum atomic E-state index is 9.95. The third-order valence-corrected chi connectivity index (χ3v) is 10.8. The fourth-order valence-corrected chi connectivity index (χ4v) is 6.92. The van der Waals surface area contributed by atoms with Gasteiger partial charge in [-0.1, -0.05) is 67.2 Å². The maximum absolute atomic E-state index is 9.95. The summed E-state index contributed by atoms with van der Waals surface area (Å²) in [7, 11) is 0. The quantitative estimate of drug-likeness (QED) is 0.0221. The second kappa shape index (κ2) is 47.4. The summed E-state index contributed by atoms with van der Waals surface area (Å²) in [4.78, 5) is 49.4. The van der Waals surface area contributed by atoms with Crippen molar-refractivity contribution >= 4 is 32.4 Å². The van der Waals surface area contributed by atoms with Gasteiger partial charge < -0.3 is 55.3 Å². The number of aliphatic hydroxyl groups is 1. The molecule has 17 nitrogen and oxygen atoms in total. The number of hydrogen-bond acceptors (Lipinski definition) is 17. The topological polar surface area (TPSA) is 231 Å². The molecule has 428 valence electrons. The first kappa shape index (κ1) is 68.0. The van der Waals surface area contributed by atoms with Gasteiger partial charge in [-0.25, -0.2) is 0 Å². The van der Waals surface area contributed by atoms with Crippen LogP contribution in [0.3, 0.4) is 0 Å². The van der Waals surface area contributed by atoms with E-state index in [1.165, 1.54) is 25.7 Å². The van der Waals surface area contributed by atoms with Crippen molar-refractivity contribution in [3.8, 4) is 11.9 Å². The predicted octanol–water partition coefficient (Wildman–Crippen LogP) is 13.4. The Morgan fingerprint density at radius 1 is 0.325 bits per heavy atom. The number of aryl methyl sites for hydroxylation is 7. The molecule has 1 N–H and O–H groups in total. The molecule has 6 rings (SSSR count). The third kappa shape index (κ3) is 35.0. The van der Waals surface area contributed by atoms with E-state index < -0.39 is 0 Å². The molecule has 17 heteroatoms. The van der Waals surface area contributed by atoms with Crippen LogP contribution in [-0.4, -0.2) is 57.3 Å². The Hall–Kier alpha value is -7.01. The summed E-state index contributed by atoms with van der Waals surface area (Å²) >= 11 is 0. The van der Waals surface area contributed by atoms with Crippen molar-refractivity contribution in [3.63, 3.8) is 0 Å². The first-order valence-electron chi connectivity index (χ1n) is 27.1. The van der Waals surface area contributed by atoms with Crippen molar-refractivity contribution < 1.29 is 79.3 Å². The lowest BCUT2D eigenvalue weighted by molar-refractivity contribution is -0.129. The molecule has 0 unspecified atom stereocenters. The molecular formula is C60H86O17. The Bertz CT molecular complexity index is 2300. The number of carbonyl (C=O) groups excluding carboxylic acids is 5. The van der Waals surface area contributed by atoms with E-state index >= 15 is 0 Å². The minimum atomic E-state index is 0.00368. The van der Waals surface area contributed by atoms with Crippen LogP contribution >= 0.6 is 0 Å². The summed E-state index contributed by atoms with van der Waals surface area (Å²) in [6, 6.07) is 22.6. The van der Waals surface area contributed by atoms with Gasteiger partial charge in [0.25, 0.3) is 31.3 Å². The van der Waals surface area contributed by atoms with Crippen molar-refractivity contribution in [1.29, 1.82) is 0 Å². The highest BCUT2D eigenvalue weighted by Crippen LogP contribution is 2.19. The van der Waals surface area contributed by atoms with Crippen LogP contribution in [0.4, 0.5) is 0 Å². The Labute approximate surface area is 455 Å². The van der Waals surface area contributed by atoms with E-state index in [2.05, 4.69) is 70.4 Å². The van der Waals surface area contributed by atoms with Gasteiger partial charge >= 0.3 is 12.9 Å². The summed E-state index contributed by atoms with van der Waals surface area (Å²) in [5.74, 6) is 9.81. The fourth-order valence-electron chi connectivity index (χ4n) is 6.92. The predicted molar refractivity (Wildman–Crippen MR) is 290 cm³/mol. The highest BCUT2D eigenvalue weighted by molar-refractivity contribution is 5.42. The van der Waals surface area contributed by atoms with Gasteiger partial charge in [-0.15, -0.1) is 0 Å². The number of furan rings is 6. The van der Waals surface area contributed by atoms with Gasteiger partial charge in [0, 0.05) is 69.9 Å². The largest absolute Gasteiger partial charge is 0.468 e. The number of aliphatic hydroxyl groups excluding tert-OH is 1. The minimum Gasteiger partial charge on any atom is -0.468 e. The van der Waals surface area contributed by atoms with E-state index in [0.29, 0.717) is 70.8 Å². The van der Waals surface area contributed by atoms with Crippen molar-refractivity contribution in [3.05, 3.63) is 130 Å². The van der Waals surface area contributed by atoms with Gasteiger partial charge in [-0.05, 0) is 112 Å². The van der Waals surface area contributed by atoms with Crippen LogP contribution in [0.15, 0.2) is 99.3 Å². The van der Waals surface area contributed by atoms with E-state index in [1.807, 2.05) is 55.5 Å². The fraction of sp³-hybridized carbons (Fsp3) is 0.517. The standard InChI is InChI=1S/C16H26O3.C10H14O3.2C9H12O3.C8H10O3.C8H12O2/c1-2-3-4-6-9-15-11-12-16(19-15)10-7-5-8-13-18-14-17;1-2-3-9-4-5-10(13-9)6-7-12-8-11;1-2-8-3-4-9(12-8)5-6-11-7-10;1-2-3-4-8-5-6-9(12-8)11-7-10;1-2-3-7-4-5-8(11-7)10-6-9;1-2-3-7-4-5-8(6-9)10-7/h11-12,14H,2-10,13H2,1H3;4-5,8H,2-3,6-7H2,1H3;3-4,7H,2,5-6H2,1H3;5-7H,2-4H2,1H3;4-6H,2-3H2,1H3;4-5,9H,2-3,6H2,1H3. The molecule has 6 heterocycles. The zero-order chi connectivity index (χ0) is 56.4. The smallest absolute Gasteiger partial charge is 0.300 e. The molecule has 0 spiro atoms. The summed E-state index contributed by atoms with van der Waals surface area (Å²) in [6.07, 6.45) is 21.6. The molecule has 0 aliphatic heterocycles. The lowest BCUT2D eigenvalue weighted by Gasteiger charge is -1.99. The Morgan fingerprint density at radius 3 is 1.05 bits per heavy atom. The molecule has 0 bridgehead atoms. The summed E-state index contributed by atoms with van der Waals surface area (Å²) in [5, 5.41) is 8.63. The zero-order valence-corrected chi connectivity index (χ0v) is 46.5. The molecule has 0 aliphatic carbocycles. The SMILES string of the molecule is CCCCCCc1ccc(CCCCCOC=O)o1.CCCCc1ccc(OC=O)o1.CCCc1ccc(CCOC=O)o1.CCCc1ccc(CO)o1.CCCc1ccc(OC=O)o1.CCc1ccc(CCOC=O)o1. The highest BCUT2D eigenvalue weighted by Gasteiger charge is 2.05. The molecule has 77 heavy (non-hydrogen) atoms. The van der Waals surface area contributed by atoms with Gasteiger partial charge in [-0.3, -0.25) is 24.0 Å². The van der Waals surface area contributed by atoms with E-state index in [9.17, 15) is 24.0 Å². The van der Waals surface area contributed by atoms with Gasteiger partial charge in [0.05, 0.1) is 19.8 Å². The molecule has 0 aliphatic rings. The Kier molecular flexibility index (Phi) is 41.9. The lowest BCUT2D eigenvalue weighted by atomic mass is 10.1. The van der Waals surface area contributed by atoms with Crippen molar-refractivity contribution in [2.45, 2.75) is 183 Å². The normalized spacial score (nSPS) is 10.0. The van der Waals surface area contributed by atoms with E-state index in [-0.39, 0.29) is 18.5 Å². The molecule has 0 atom stereocenters. The third-order valence-electron chi connectivity index (χ3n) is 10.8. The summed E-state index contributed by atoms with van der Waals surface area (Å²) in [6.45, 7) is 16.1. The summed E-state index contributed by atoms with van der Waals surface area (Å²) in [5.41, 5.74) is 0. The second-order valence-corrected chi connectivity index (χ2v) is 17.2. The first-order valence-corrected chi connectivity index (χ1v) is 27.1. The lowest BCUT2D eigenvalue weighted by Crippen LogP contribution is -1.94. The molecule has 0 saturated carbocycles. The van der Waals surface area contributed by atoms with Crippen LogP contribution in [-0.2, 0) is 103 Å². The average Bonchev–Trinajstić information content (AvgIpc) is 4.33. The number of ether oxygens (including phenoxy) is 5. The molecule has 0 aromatic carbocycles. The van der Waals surface area contributed by atoms with Crippen molar-refractivity contribution in [2.75, 3.05) is 19.8 Å². The van der Waals surface area contributed by atoms with E-state index in [0.717, 1.165) is 148 Å². The maximum Gasteiger partial charge on any atom is 0.300 e. The number of carbonyl (C=O) groups is 5. The second-order valence-electron chi connectivity index (χ2n) is 17.2. The van der Waals surface area contributed by atoms with Crippen LogP contribution in [0.1, 0.15) is 176 Å². The highest BCUT2D eigenvalue weighted by atomic mass is 16.6. The monoisotopic (exact) mass is 1080 g/mol. The first-order chi connectivity index (χ1) is 37.7. The van der Waals surface area contributed by atoms with Gasteiger partial charge in [-0.2, -0.15) is 0 Å². The molecule has 6 aromatic rings. The Balaban J connectivity index is 0.000000468. The minimum absolute atomic E-state index is 0.00368. The Morgan fingerprint density at radius 2 is 0.662 bits per heavy atom. The van der Waals surface area contributed by atoms with E-state index in [4.69, 9.17) is 31.6 Å². The van der Waals surface area contributed by atoms with Gasteiger partial charge in [0.1, 0.15) is 64.2 Å². The van der Waals surface area contributed by atoms with Crippen molar-refractivity contribution in [2.24, 2.45) is 0 Å². The van der Waals surface area contributed by atoms with Crippen LogP contribution in [0.5, 0.6) is 11.9 Å². The average molecular weight is 1080 g/mol. The number of rotatable bonds is 35. The number of unbranched alkanes of at least 4 members (excludes halogenated alkanes) is 6. The molecular weight excluding hydrogens is 993 g/mol.